The number of esters is 1. The molecule has 0 amide bonds. The Balaban J connectivity index is 2.26. The number of H-pyrrole nitrogens is 1. The van der Waals surface area contributed by atoms with Crippen LogP contribution in [0.1, 0.15) is 105 Å². The van der Waals surface area contributed by atoms with E-state index in [1.165, 1.54) is 63.4 Å². The molecule has 0 aliphatic heterocycles. The van der Waals surface area contributed by atoms with Crippen LogP contribution in [0.5, 0.6) is 0 Å². The van der Waals surface area contributed by atoms with Gasteiger partial charge >= 0.3 is 5.97 Å². The molecule has 0 unspecified atom stereocenters. The Morgan fingerprint density at radius 2 is 1.42 bits per heavy atom. The number of aromatic amines is 1. The summed E-state index contributed by atoms with van der Waals surface area (Å²) in [5.41, 5.74) is 4.13. The minimum atomic E-state index is -0.212. The van der Waals surface area contributed by atoms with Gasteiger partial charge in [-0.15, -0.1) is 0 Å². The van der Waals surface area contributed by atoms with E-state index >= 15 is 0 Å². The SMILES string of the molecule is CCCCCCCCCCCCc1c(C(=O)OCC)[nH]c(C)c1C. The molecule has 0 spiro atoms. The molecule has 0 bridgehead atoms. The zero-order valence-electron chi connectivity index (χ0n) is 16.3. The lowest BCUT2D eigenvalue weighted by Gasteiger charge is -2.06. The van der Waals surface area contributed by atoms with Gasteiger partial charge in [-0.1, -0.05) is 64.7 Å². The van der Waals surface area contributed by atoms with E-state index in [0.29, 0.717) is 12.3 Å². The van der Waals surface area contributed by atoms with E-state index in [9.17, 15) is 4.79 Å². The van der Waals surface area contributed by atoms with Crippen LogP contribution in [0.2, 0.25) is 0 Å². The molecule has 0 aromatic carbocycles. The summed E-state index contributed by atoms with van der Waals surface area (Å²) < 4.78 is 5.17. The summed E-state index contributed by atoms with van der Waals surface area (Å²) in [5, 5.41) is 0. The second-order valence-electron chi connectivity index (χ2n) is 6.88. The van der Waals surface area contributed by atoms with Gasteiger partial charge in [0.15, 0.2) is 0 Å². The maximum absolute atomic E-state index is 12.1. The minimum absolute atomic E-state index is 0.212. The Labute approximate surface area is 148 Å². The third kappa shape index (κ3) is 7.11. The van der Waals surface area contributed by atoms with Crippen LogP contribution >= 0.6 is 0 Å². The second kappa shape index (κ2) is 12.2. The van der Waals surface area contributed by atoms with Gasteiger partial charge in [0.25, 0.3) is 0 Å². The van der Waals surface area contributed by atoms with Crippen molar-refractivity contribution in [3.63, 3.8) is 0 Å². The number of rotatable bonds is 13. The van der Waals surface area contributed by atoms with Gasteiger partial charge in [0.05, 0.1) is 6.61 Å². The lowest BCUT2D eigenvalue weighted by atomic mass is 10.0. The summed E-state index contributed by atoms with van der Waals surface area (Å²) in [7, 11) is 0. The number of carbonyl (C=O) groups excluding carboxylic acids is 1. The molecular formula is C21H37NO2. The van der Waals surface area contributed by atoms with Crippen LogP contribution in [-0.4, -0.2) is 17.6 Å². The van der Waals surface area contributed by atoms with Crippen molar-refractivity contribution >= 4 is 5.97 Å². The highest BCUT2D eigenvalue weighted by Gasteiger charge is 2.18. The zero-order valence-corrected chi connectivity index (χ0v) is 16.3. The number of aryl methyl sites for hydroxylation is 1. The van der Waals surface area contributed by atoms with E-state index < -0.39 is 0 Å². The summed E-state index contributed by atoms with van der Waals surface area (Å²) in [6, 6.07) is 0. The van der Waals surface area contributed by atoms with E-state index in [1.54, 1.807) is 0 Å². The smallest absolute Gasteiger partial charge is 0.355 e. The highest BCUT2D eigenvalue weighted by Crippen LogP contribution is 2.22. The normalized spacial score (nSPS) is 11.0. The molecule has 1 heterocycles. The number of ether oxygens (including phenoxy) is 1. The Morgan fingerprint density at radius 1 is 0.875 bits per heavy atom. The number of unbranched alkanes of at least 4 members (excludes halogenated alkanes) is 9. The zero-order chi connectivity index (χ0) is 17.8. The second-order valence-corrected chi connectivity index (χ2v) is 6.88. The van der Waals surface area contributed by atoms with Crippen LogP contribution in [0.3, 0.4) is 0 Å². The average Bonchev–Trinajstić information content (AvgIpc) is 2.85. The van der Waals surface area contributed by atoms with Crippen molar-refractivity contribution in [1.82, 2.24) is 4.98 Å². The van der Waals surface area contributed by atoms with Crippen molar-refractivity contribution in [2.75, 3.05) is 6.61 Å². The first-order valence-corrected chi connectivity index (χ1v) is 9.96. The molecule has 3 heteroatoms. The van der Waals surface area contributed by atoms with Crippen LogP contribution in [-0.2, 0) is 11.2 Å². The van der Waals surface area contributed by atoms with Crippen molar-refractivity contribution in [2.24, 2.45) is 0 Å². The van der Waals surface area contributed by atoms with Crippen molar-refractivity contribution in [3.8, 4) is 0 Å². The van der Waals surface area contributed by atoms with E-state index in [2.05, 4.69) is 18.8 Å². The van der Waals surface area contributed by atoms with Gasteiger partial charge in [-0.25, -0.2) is 4.79 Å². The summed E-state index contributed by atoms with van der Waals surface area (Å²) in [5.74, 6) is -0.212. The fraction of sp³-hybridized carbons (Fsp3) is 0.762. The summed E-state index contributed by atoms with van der Waals surface area (Å²) in [4.78, 5) is 15.3. The molecule has 0 radical (unpaired) electrons. The molecule has 138 valence electrons. The predicted octanol–water partition coefficient (Wildman–Crippen LogP) is 6.27. The van der Waals surface area contributed by atoms with Gasteiger partial charge in [-0.3, -0.25) is 0 Å². The first-order chi connectivity index (χ1) is 11.6. The predicted molar refractivity (Wildman–Crippen MR) is 102 cm³/mol. The van der Waals surface area contributed by atoms with Crippen LogP contribution in [0.25, 0.3) is 0 Å². The Morgan fingerprint density at radius 3 is 1.96 bits per heavy atom. The molecule has 3 nitrogen and oxygen atoms in total. The fourth-order valence-corrected chi connectivity index (χ4v) is 3.25. The lowest BCUT2D eigenvalue weighted by Crippen LogP contribution is -2.08. The molecule has 0 aliphatic rings. The molecular weight excluding hydrogens is 298 g/mol. The molecule has 1 rings (SSSR count). The van der Waals surface area contributed by atoms with Crippen molar-refractivity contribution in [3.05, 3.63) is 22.5 Å². The van der Waals surface area contributed by atoms with E-state index in [-0.39, 0.29) is 5.97 Å². The summed E-state index contributed by atoms with van der Waals surface area (Å²) in [6.45, 7) is 8.66. The maximum atomic E-state index is 12.1. The summed E-state index contributed by atoms with van der Waals surface area (Å²) >= 11 is 0. The maximum Gasteiger partial charge on any atom is 0.355 e. The minimum Gasteiger partial charge on any atom is -0.461 e. The molecule has 0 atom stereocenters. The number of carbonyl (C=O) groups is 1. The monoisotopic (exact) mass is 335 g/mol. The standard InChI is InChI=1S/C21H37NO2/c1-5-7-8-9-10-11-12-13-14-15-16-19-17(3)18(4)22-20(19)21(23)24-6-2/h22H,5-16H2,1-4H3. The van der Waals surface area contributed by atoms with E-state index in [0.717, 1.165) is 24.1 Å². The molecule has 0 fully saturated rings. The van der Waals surface area contributed by atoms with Gasteiger partial charge < -0.3 is 9.72 Å². The first-order valence-electron chi connectivity index (χ1n) is 9.96. The van der Waals surface area contributed by atoms with Crippen molar-refractivity contribution in [1.29, 1.82) is 0 Å². The Hall–Kier alpha value is -1.25. The Kier molecular flexibility index (Phi) is 10.5. The molecule has 1 aromatic rings. The molecule has 24 heavy (non-hydrogen) atoms. The number of hydrogen-bond donors (Lipinski definition) is 1. The third-order valence-electron chi connectivity index (χ3n) is 4.89. The van der Waals surface area contributed by atoms with Crippen molar-refractivity contribution in [2.45, 2.75) is 98.3 Å². The fourth-order valence-electron chi connectivity index (χ4n) is 3.25. The number of aromatic nitrogens is 1. The molecule has 1 N–H and O–H groups in total. The molecule has 0 aliphatic carbocycles. The number of nitrogens with one attached hydrogen (secondary N) is 1. The van der Waals surface area contributed by atoms with Gasteiger partial charge in [0, 0.05) is 5.69 Å². The van der Waals surface area contributed by atoms with E-state index in [1.807, 2.05) is 13.8 Å². The van der Waals surface area contributed by atoms with Crippen LogP contribution < -0.4 is 0 Å². The summed E-state index contributed by atoms with van der Waals surface area (Å²) in [6.07, 6.45) is 14.3. The van der Waals surface area contributed by atoms with Crippen LogP contribution in [0, 0.1) is 13.8 Å². The number of hydrogen-bond acceptors (Lipinski definition) is 2. The van der Waals surface area contributed by atoms with Gasteiger partial charge in [0.2, 0.25) is 0 Å². The molecule has 0 saturated carbocycles. The van der Waals surface area contributed by atoms with Gasteiger partial charge in [0.1, 0.15) is 5.69 Å². The molecule has 1 aromatic heterocycles. The highest BCUT2D eigenvalue weighted by atomic mass is 16.5. The topological polar surface area (TPSA) is 42.1 Å². The quantitative estimate of drug-likeness (QED) is 0.341. The molecule has 0 saturated heterocycles. The third-order valence-corrected chi connectivity index (χ3v) is 4.89. The van der Waals surface area contributed by atoms with Crippen molar-refractivity contribution < 1.29 is 9.53 Å². The largest absolute Gasteiger partial charge is 0.461 e. The Bertz CT molecular complexity index is 476. The lowest BCUT2D eigenvalue weighted by molar-refractivity contribution is 0.0518. The van der Waals surface area contributed by atoms with Gasteiger partial charge in [-0.2, -0.15) is 0 Å². The van der Waals surface area contributed by atoms with Crippen LogP contribution in [0.4, 0.5) is 0 Å². The van der Waals surface area contributed by atoms with E-state index in [4.69, 9.17) is 4.74 Å². The van der Waals surface area contributed by atoms with Crippen LogP contribution in [0.15, 0.2) is 0 Å². The van der Waals surface area contributed by atoms with Gasteiger partial charge in [-0.05, 0) is 44.7 Å². The average molecular weight is 336 g/mol. The highest BCUT2D eigenvalue weighted by molar-refractivity contribution is 5.89. The first kappa shape index (κ1) is 20.8.